The van der Waals surface area contributed by atoms with Gasteiger partial charge in [0, 0.05) is 17.3 Å². The van der Waals surface area contributed by atoms with Gasteiger partial charge in [0.15, 0.2) is 5.76 Å². The van der Waals surface area contributed by atoms with Crippen molar-refractivity contribution in [2.24, 2.45) is 0 Å². The summed E-state index contributed by atoms with van der Waals surface area (Å²) in [6.07, 6.45) is 7.14. The van der Waals surface area contributed by atoms with E-state index in [0.717, 1.165) is 47.8 Å². The van der Waals surface area contributed by atoms with Gasteiger partial charge < -0.3 is 18.6 Å². The van der Waals surface area contributed by atoms with Gasteiger partial charge in [-0.15, -0.1) is 0 Å². The average Bonchev–Trinajstić information content (AvgIpc) is 3.18. The summed E-state index contributed by atoms with van der Waals surface area (Å²) in [5.41, 5.74) is 4.70. The summed E-state index contributed by atoms with van der Waals surface area (Å²) in [6.45, 7) is 0.690. The molecule has 1 aromatic carbocycles. The van der Waals surface area contributed by atoms with Crippen molar-refractivity contribution in [3.8, 4) is 23.0 Å². The molecule has 3 aromatic rings. The predicted molar refractivity (Wildman–Crippen MR) is 90.6 cm³/mol. The number of ether oxygens (including phenoxy) is 2. The molecule has 1 aliphatic rings. The van der Waals surface area contributed by atoms with Crippen LogP contribution < -0.4 is 9.47 Å². The van der Waals surface area contributed by atoms with E-state index in [1.165, 1.54) is 11.1 Å². The van der Waals surface area contributed by atoms with Crippen LogP contribution in [-0.4, -0.2) is 23.9 Å². The molecule has 124 valence electrons. The lowest BCUT2D eigenvalue weighted by molar-refractivity contribution is 0.397. The van der Waals surface area contributed by atoms with E-state index >= 15 is 0 Å². The topological polar surface area (TPSA) is 49.4 Å². The van der Waals surface area contributed by atoms with Crippen LogP contribution in [0.1, 0.15) is 23.1 Å². The van der Waals surface area contributed by atoms with Crippen molar-refractivity contribution in [3.05, 3.63) is 53.3 Å². The van der Waals surface area contributed by atoms with E-state index in [0.29, 0.717) is 6.54 Å². The molecule has 0 atom stereocenters. The summed E-state index contributed by atoms with van der Waals surface area (Å²) < 4.78 is 18.7. The zero-order chi connectivity index (χ0) is 16.5. The first-order chi connectivity index (χ1) is 11.8. The van der Waals surface area contributed by atoms with Crippen molar-refractivity contribution < 1.29 is 14.0 Å². The van der Waals surface area contributed by atoms with E-state index in [1.54, 1.807) is 14.2 Å². The van der Waals surface area contributed by atoms with Gasteiger partial charge in [-0.3, -0.25) is 0 Å². The molecule has 0 fully saturated rings. The Balaban J connectivity index is 1.78. The number of aryl methyl sites for hydroxylation is 2. The van der Waals surface area contributed by atoms with Gasteiger partial charge in [0.1, 0.15) is 11.5 Å². The molecule has 0 amide bonds. The SMILES string of the molecule is COc1ccc(OC)c(Cn2ccc3c2-c2oncc2CCC3)c1. The fourth-order valence-corrected chi connectivity index (χ4v) is 3.42. The average molecular weight is 324 g/mol. The lowest BCUT2D eigenvalue weighted by Crippen LogP contribution is -2.03. The second kappa shape index (κ2) is 6.07. The minimum Gasteiger partial charge on any atom is -0.497 e. The van der Waals surface area contributed by atoms with E-state index < -0.39 is 0 Å². The molecule has 0 saturated heterocycles. The van der Waals surface area contributed by atoms with E-state index in [9.17, 15) is 0 Å². The molecular weight excluding hydrogens is 304 g/mol. The number of methoxy groups -OCH3 is 2. The number of fused-ring (bicyclic) bond motifs is 3. The minimum absolute atomic E-state index is 0.690. The van der Waals surface area contributed by atoms with Crippen LogP contribution in [0.2, 0.25) is 0 Å². The molecule has 4 rings (SSSR count). The normalized spacial score (nSPS) is 13.1. The Kier molecular flexibility index (Phi) is 3.76. The van der Waals surface area contributed by atoms with Gasteiger partial charge in [-0.05, 0) is 49.1 Å². The molecule has 0 radical (unpaired) electrons. The molecule has 2 aromatic heterocycles. The molecule has 0 spiro atoms. The summed E-state index contributed by atoms with van der Waals surface area (Å²) in [7, 11) is 3.37. The standard InChI is InChI=1S/C19H20N2O3/c1-22-16-6-7-17(23-2)15(10-16)12-21-9-8-13-4-3-5-14-11-20-24-19(14)18(13)21/h6-11H,3-5,12H2,1-2H3. The van der Waals surface area contributed by atoms with Gasteiger partial charge >= 0.3 is 0 Å². The van der Waals surface area contributed by atoms with Crippen LogP contribution in [0.3, 0.4) is 0 Å². The van der Waals surface area contributed by atoms with Gasteiger partial charge in [-0.2, -0.15) is 0 Å². The van der Waals surface area contributed by atoms with Gasteiger partial charge in [0.2, 0.25) is 0 Å². The van der Waals surface area contributed by atoms with Crippen molar-refractivity contribution in [1.29, 1.82) is 0 Å². The van der Waals surface area contributed by atoms with Crippen LogP contribution in [-0.2, 0) is 19.4 Å². The molecule has 0 aliphatic heterocycles. The first-order valence-corrected chi connectivity index (χ1v) is 8.13. The molecular formula is C19H20N2O3. The first-order valence-electron chi connectivity index (χ1n) is 8.13. The second-order valence-electron chi connectivity index (χ2n) is 6.03. The Morgan fingerprint density at radius 3 is 2.83 bits per heavy atom. The van der Waals surface area contributed by atoms with Crippen LogP contribution in [0.5, 0.6) is 11.5 Å². The number of benzene rings is 1. The fraction of sp³-hybridized carbons (Fsp3) is 0.316. The number of hydrogen-bond acceptors (Lipinski definition) is 4. The highest BCUT2D eigenvalue weighted by Crippen LogP contribution is 2.34. The van der Waals surface area contributed by atoms with E-state index in [2.05, 4.69) is 22.0 Å². The maximum Gasteiger partial charge on any atom is 0.186 e. The van der Waals surface area contributed by atoms with Crippen LogP contribution >= 0.6 is 0 Å². The highest BCUT2D eigenvalue weighted by atomic mass is 16.5. The van der Waals surface area contributed by atoms with Crippen LogP contribution in [0.25, 0.3) is 11.5 Å². The van der Waals surface area contributed by atoms with Gasteiger partial charge in [0.05, 0.1) is 32.7 Å². The van der Waals surface area contributed by atoms with Crippen molar-refractivity contribution in [3.63, 3.8) is 0 Å². The molecule has 5 nitrogen and oxygen atoms in total. The van der Waals surface area contributed by atoms with Gasteiger partial charge in [-0.25, -0.2) is 0 Å². The van der Waals surface area contributed by atoms with Crippen molar-refractivity contribution >= 4 is 0 Å². The summed E-state index contributed by atoms with van der Waals surface area (Å²) in [6, 6.07) is 8.05. The summed E-state index contributed by atoms with van der Waals surface area (Å²) in [5.74, 6) is 2.57. The van der Waals surface area contributed by atoms with E-state index in [1.807, 2.05) is 24.4 Å². The smallest absolute Gasteiger partial charge is 0.186 e. The van der Waals surface area contributed by atoms with Crippen molar-refractivity contribution in [2.45, 2.75) is 25.8 Å². The lowest BCUT2D eigenvalue weighted by Gasteiger charge is -2.13. The number of nitrogens with zero attached hydrogens (tertiary/aromatic N) is 2. The predicted octanol–water partition coefficient (Wildman–Crippen LogP) is 3.70. The largest absolute Gasteiger partial charge is 0.497 e. The third-order valence-corrected chi connectivity index (χ3v) is 4.63. The van der Waals surface area contributed by atoms with Crippen LogP contribution in [0, 0.1) is 0 Å². The van der Waals surface area contributed by atoms with Crippen LogP contribution in [0.4, 0.5) is 0 Å². The molecule has 0 bridgehead atoms. The number of aromatic nitrogens is 2. The Hall–Kier alpha value is -2.69. The third-order valence-electron chi connectivity index (χ3n) is 4.63. The lowest BCUT2D eigenvalue weighted by atomic mass is 10.1. The molecule has 0 N–H and O–H groups in total. The molecule has 2 heterocycles. The van der Waals surface area contributed by atoms with E-state index in [-0.39, 0.29) is 0 Å². The first kappa shape index (κ1) is 14.9. The third kappa shape index (κ3) is 2.46. The zero-order valence-electron chi connectivity index (χ0n) is 13.9. The highest BCUT2D eigenvalue weighted by Gasteiger charge is 2.22. The number of hydrogen-bond donors (Lipinski definition) is 0. The molecule has 24 heavy (non-hydrogen) atoms. The highest BCUT2D eigenvalue weighted by molar-refractivity contribution is 5.63. The zero-order valence-corrected chi connectivity index (χ0v) is 13.9. The summed E-state index contributed by atoms with van der Waals surface area (Å²) in [4.78, 5) is 0. The van der Waals surface area contributed by atoms with Crippen molar-refractivity contribution in [2.75, 3.05) is 14.2 Å². The monoisotopic (exact) mass is 324 g/mol. The molecule has 1 aliphatic carbocycles. The van der Waals surface area contributed by atoms with Gasteiger partial charge in [-0.1, -0.05) is 5.16 Å². The quantitative estimate of drug-likeness (QED) is 0.734. The van der Waals surface area contributed by atoms with E-state index in [4.69, 9.17) is 14.0 Å². The van der Waals surface area contributed by atoms with Gasteiger partial charge in [0.25, 0.3) is 0 Å². The maximum atomic E-state index is 5.57. The fourth-order valence-electron chi connectivity index (χ4n) is 3.42. The molecule has 0 unspecified atom stereocenters. The summed E-state index contributed by atoms with van der Waals surface area (Å²) >= 11 is 0. The minimum atomic E-state index is 0.690. The molecule has 5 heteroatoms. The Bertz CT molecular complexity index is 863. The summed E-state index contributed by atoms with van der Waals surface area (Å²) in [5, 5.41) is 4.00. The Labute approximate surface area is 140 Å². The Morgan fingerprint density at radius 2 is 2.00 bits per heavy atom. The van der Waals surface area contributed by atoms with Crippen molar-refractivity contribution in [1.82, 2.24) is 9.72 Å². The molecule has 0 saturated carbocycles. The van der Waals surface area contributed by atoms with Crippen LogP contribution in [0.15, 0.2) is 41.2 Å². The maximum absolute atomic E-state index is 5.57. The number of rotatable bonds is 4. The Morgan fingerprint density at radius 1 is 1.12 bits per heavy atom. The second-order valence-corrected chi connectivity index (χ2v) is 6.03.